The minimum absolute atomic E-state index is 0.503. The van der Waals surface area contributed by atoms with Crippen LogP contribution in [0.1, 0.15) is 35.1 Å². The molecule has 1 fully saturated rings. The van der Waals surface area contributed by atoms with Crippen LogP contribution in [0.3, 0.4) is 0 Å². The molecule has 2 aliphatic rings. The maximum atomic E-state index is 5.52. The topological polar surface area (TPSA) is 21.7 Å². The third-order valence-corrected chi connectivity index (χ3v) is 5.35. The number of hydrogen-bond donors (Lipinski definition) is 0. The number of methoxy groups -OCH3 is 2. The standard InChI is InChI=1S/C20H23NO2/c1-22-19-11-15-8-9-21-13-16(14-6-4-3-5-7-14)10-18(21)17(15)12-20(19)23-2/h3-7,11-12,16,18H,8-10,13H2,1-2H3/t16-,18+/m0/s1. The molecule has 0 amide bonds. The Labute approximate surface area is 137 Å². The number of fused-ring (bicyclic) bond motifs is 3. The first-order valence-corrected chi connectivity index (χ1v) is 8.34. The van der Waals surface area contributed by atoms with Gasteiger partial charge in [-0.2, -0.15) is 0 Å². The Kier molecular flexibility index (Phi) is 3.74. The second-order valence-electron chi connectivity index (χ2n) is 6.51. The van der Waals surface area contributed by atoms with E-state index in [1.807, 2.05) is 0 Å². The fraction of sp³-hybridized carbons (Fsp3) is 0.400. The molecule has 0 aromatic heterocycles. The molecule has 2 aromatic carbocycles. The van der Waals surface area contributed by atoms with Crippen molar-refractivity contribution in [1.82, 2.24) is 4.90 Å². The highest BCUT2D eigenvalue weighted by Crippen LogP contribution is 2.46. The lowest BCUT2D eigenvalue weighted by molar-refractivity contribution is 0.241. The van der Waals surface area contributed by atoms with E-state index in [0.29, 0.717) is 12.0 Å². The summed E-state index contributed by atoms with van der Waals surface area (Å²) in [5.41, 5.74) is 4.30. The van der Waals surface area contributed by atoms with Crippen LogP contribution in [0.15, 0.2) is 42.5 Å². The Hall–Kier alpha value is -2.00. The molecule has 2 heterocycles. The van der Waals surface area contributed by atoms with Gasteiger partial charge in [0.05, 0.1) is 14.2 Å². The van der Waals surface area contributed by atoms with Gasteiger partial charge in [-0.1, -0.05) is 30.3 Å². The second kappa shape index (κ2) is 5.89. The highest BCUT2D eigenvalue weighted by molar-refractivity contribution is 5.50. The van der Waals surface area contributed by atoms with E-state index < -0.39 is 0 Å². The average Bonchev–Trinajstić information content (AvgIpc) is 3.06. The van der Waals surface area contributed by atoms with Gasteiger partial charge in [-0.15, -0.1) is 0 Å². The zero-order valence-electron chi connectivity index (χ0n) is 13.8. The number of hydrogen-bond acceptors (Lipinski definition) is 3. The first-order valence-electron chi connectivity index (χ1n) is 8.34. The fourth-order valence-electron chi connectivity index (χ4n) is 4.17. The highest BCUT2D eigenvalue weighted by Gasteiger charge is 2.37. The number of ether oxygens (including phenoxy) is 2. The van der Waals surface area contributed by atoms with Crippen LogP contribution >= 0.6 is 0 Å². The van der Waals surface area contributed by atoms with Crippen molar-refractivity contribution in [1.29, 1.82) is 0 Å². The summed E-state index contributed by atoms with van der Waals surface area (Å²) in [5.74, 6) is 2.31. The second-order valence-corrected chi connectivity index (χ2v) is 6.51. The third kappa shape index (κ3) is 2.49. The van der Waals surface area contributed by atoms with E-state index in [9.17, 15) is 0 Å². The molecule has 0 spiro atoms. The minimum Gasteiger partial charge on any atom is -0.493 e. The Morgan fingerprint density at radius 3 is 2.48 bits per heavy atom. The maximum Gasteiger partial charge on any atom is 0.161 e. The quantitative estimate of drug-likeness (QED) is 0.861. The smallest absolute Gasteiger partial charge is 0.161 e. The molecule has 0 bridgehead atoms. The third-order valence-electron chi connectivity index (χ3n) is 5.35. The van der Waals surface area contributed by atoms with Crippen molar-refractivity contribution < 1.29 is 9.47 Å². The van der Waals surface area contributed by atoms with Gasteiger partial charge in [-0.3, -0.25) is 4.90 Å². The lowest BCUT2D eigenvalue weighted by Crippen LogP contribution is -2.31. The highest BCUT2D eigenvalue weighted by atomic mass is 16.5. The van der Waals surface area contributed by atoms with E-state index in [0.717, 1.165) is 31.0 Å². The predicted molar refractivity (Wildman–Crippen MR) is 91.4 cm³/mol. The van der Waals surface area contributed by atoms with Gasteiger partial charge in [0.2, 0.25) is 0 Å². The molecule has 0 N–H and O–H groups in total. The Bertz CT molecular complexity index is 698. The normalized spacial score (nSPS) is 23.2. The van der Waals surface area contributed by atoms with Gasteiger partial charge in [0.25, 0.3) is 0 Å². The number of benzene rings is 2. The molecule has 0 unspecified atom stereocenters. The Balaban J connectivity index is 1.67. The molecular weight excluding hydrogens is 286 g/mol. The van der Waals surface area contributed by atoms with E-state index in [-0.39, 0.29) is 0 Å². The molecule has 2 aromatic rings. The van der Waals surface area contributed by atoms with E-state index >= 15 is 0 Å². The van der Waals surface area contributed by atoms with E-state index in [1.54, 1.807) is 14.2 Å². The summed E-state index contributed by atoms with van der Waals surface area (Å²) in [6, 6.07) is 15.8. The van der Waals surface area contributed by atoms with Crippen molar-refractivity contribution >= 4 is 0 Å². The van der Waals surface area contributed by atoms with Crippen LogP contribution in [0.25, 0.3) is 0 Å². The molecular formula is C20H23NO2. The summed E-state index contributed by atoms with van der Waals surface area (Å²) in [6.07, 6.45) is 2.28. The zero-order valence-corrected chi connectivity index (χ0v) is 13.8. The molecule has 2 aliphatic heterocycles. The molecule has 23 heavy (non-hydrogen) atoms. The maximum absolute atomic E-state index is 5.52. The summed E-state index contributed by atoms with van der Waals surface area (Å²) < 4.78 is 11.0. The molecule has 0 aliphatic carbocycles. The Morgan fingerprint density at radius 1 is 1.00 bits per heavy atom. The summed E-state index contributed by atoms with van der Waals surface area (Å²) >= 11 is 0. The number of nitrogens with zero attached hydrogens (tertiary/aromatic N) is 1. The largest absolute Gasteiger partial charge is 0.493 e. The van der Waals surface area contributed by atoms with Crippen LogP contribution in [0.4, 0.5) is 0 Å². The summed E-state index contributed by atoms with van der Waals surface area (Å²) in [6.45, 7) is 2.29. The number of rotatable bonds is 3. The lowest BCUT2D eigenvalue weighted by Gasteiger charge is -2.32. The van der Waals surface area contributed by atoms with Crippen molar-refractivity contribution in [2.24, 2.45) is 0 Å². The molecule has 1 saturated heterocycles. The molecule has 3 heteroatoms. The van der Waals surface area contributed by atoms with Crippen LogP contribution in [-0.4, -0.2) is 32.2 Å². The van der Waals surface area contributed by atoms with Gasteiger partial charge < -0.3 is 9.47 Å². The van der Waals surface area contributed by atoms with Crippen molar-refractivity contribution in [3.63, 3.8) is 0 Å². The van der Waals surface area contributed by atoms with Gasteiger partial charge >= 0.3 is 0 Å². The van der Waals surface area contributed by atoms with Crippen molar-refractivity contribution in [2.75, 3.05) is 27.3 Å². The van der Waals surface area contributed by atoms with Crippen LogP contribution < -0.4 is 9.47 Å². The molecule has 120 valence electrons. The molecule has 2 atom stereocenters. The van der Waals surface area contributed by atoms with Crippen LogP contribution in [0.5, 0.6) is 11.5 Å². The van der Waals surface area contributed by atoms with Gasteiger partial charge in [0.1, 0.15) is 0 Å². The van der Waals surface area contributed by atoms with Crippen molar-refractivity contribution in [3.8, 4) is 11.5 Å². The molecule has 3 nitrogen and oxygen atoms in total. The Morgan fingerprint density at radius 2 is 1.74 bits per heavy atom. The van der Waals surface area contributed by atoms with E-state index in [2.05, 4.69) is 47.4 Å². The fourth-order valence-corrected chi connectivity index (χ4v) is 4.17. The first-order chi connectivity index (χ1) is 11.3. The summed E-state index contributed by atoms with van der Waals surface area (Å²) in [5, 5.41) is 0. The van der Waals surface area contributed by atoms with E-state index in [4.69, 9.17) is 9.47 Å². The monoisotopic (exact) mass is 309 g/mol. The van der Waals surface area contributed by atoms with Gasteiger partial charge in [0.15, 0.2) is 11.5 Å². The van der Waals surface area contributed by atoms with Gasteiger partial charge in [0, 0.05) is 19.1 Å². The van der Waals surface area contributed by atoms with Crippen LogP contribution in [0, 0.1) is 0 Å². The van der Waals surface area contributed by atoms with Gasteiger partial charge in [-0.25, -0.2) is 0 Å². The first kappa shape index (κ1) is 14.6. The summed E-state index contributed by atoms with van der Waals surface area (Å²) in [7, 11) is 3.42. The minimum atomic E-state index is 0.503. The SMILES string of the molecule is COc1cc2c(cc1OC)[C@H]1C[C@H](c3ccccc3)CN1CC2. The van der Waals surface area contributed by atoms with Crippen LogP contribution in [-0.2, 0) is 6.42 Å². The van der Waals surface area contributed by atoms with Crippen LogP contribution in [0.2, 0.25) is 0 Å². The average molecular weight is 309 g/mol. The lowest BCUT2D eigenvalue weighted by atomic mass is 9.89. The molecule has 0 saturated carbocycles. The van der Waals surface area contributed by atoms with Crippen molar-refractivity contribution in [2.45, 2.75) is 24.8 Å². The predicted octanol–water partition coefficient (Wildman–Crippen LogP) is 3.79. The zero-order chi connectivity index (χ0) is 15.8. The van der Waals surface area contributed by atoms with E-state index in [1.165, 1.54) is 23.1 Å². The molecule has 0 radical (unpaired) electrons. The molecule has 4 rings (SSSR count). The summed E-state index contributed by atoms with van der Waals surface area (Å²) in [4.78, 5) is 2.63. The van der Waals surface area contributed by atoms with Gasteiger partial charge in [-0.05, 0) is 47.6 Å². The van der Waals surface area contributed by atoms with Crippen molar-refractivity contribution in [3.05, 3.63) is 59.2 Å².